The first kappa shape index (κ1) is 13.4. The monoisotopic (exact) mass is 330 g/mol. The van der Waals surface area contributed by atoms with E-state index in [1.807, 2.05) is 36.4 Å². The standard InChI is InChI=1S/C17H15BrO2/c18-15-3-1-2-13(11-15)10-12-4-6-14(7-5-12)17(8-9-17)16(19)20/h1-7,11H,8-10H2,(H,19,20). The van der Waals surface area contributed by atoms with E-state index in [2.05, 4.69) is 28.1 Å². The minimum absolute atomic E-state index is 0.603. The summed E-state index contributed by atoms with van der Waals surface area (Å²) in [5.41, 5.74) is 2.77. The van der Waals surface area contributed by atoms with Gasteiger partial charge >= 0.3 is 5.97 Å². The molecule has 0 unspecified atom stereocenters. The Labute approximate surface area is 126 Å². The smallest absolute Gasteiger partial charge is 0.314 e. The number of hydrogen-bond donors (Lipinski definition) is 1. The SMILES string of the molecule is O=C(O)C1(c2ccc(Cc3cccc(Br)c3)cc2)CC1. The number of aliphatic carboxylic acids is 1. The van der Waals surface area contributed by atoms with Crippen LogP contribution in [0, 0.1) is 0 Å². The maximum atomic E-state index is 11.3. The molecule has 1 saturated carbocycles. The lowest BCUT2D eigenvalue weighted by Crippen LogP contribution is -2.19. The van der Waals surface area contributed by atoms with Gasteiger partial charge in [-0.05, 0) is 48.1 Å². The molecular formula is C17H15BrO2. The molecule has 1 aliphatic rings. The molecule has 102 valence electrons. The number of rotatable bonds is 4. The van der Waals surface area contributed by atoms with Crippen LogP contribution in [0.4, 0.5) is 0 Å². The molecule has 0 atom stereocenters. The van der Waals surface area contributed by atoms with Crippen LogP contribution in [0.5, 0.6) is 0 Å². The fourth-order valence-corrected chi connectivity index (χ4v) is 3.02. The summed E-state index contributed by atoms with van der Waals surface area (Å²) in [6.07, 6.45) is 2.38. The zero-order chi connectivity index (χ0) is 14.2. The molecule has 3 rings (SSSR count). The first-order valence-electron chi connectivity index (χ1n) is 6.67. The van der Waals surface area contributed by atoms with Crippen molar-refractivity contribution in [1.29, 1.82) is 0 Å². The summed E-state index contributed by atoms with van der Waals surface area (Å²) in [6.45, 7) is 0. The first-order valence-corrected chi connectivity index (χ1v) is 7.47. The predicted octanol–water partition coefficient (Wildman–Crippen LogP) is 4.16. The number of carboxylic acids is 1. The van der Waals surface area contributed by atoms with Gasteiger partial charge in [0.2, 0.25) is 0 Å². The number of halogens is 1. The topological polar surface area (TPSA) is 37.3 Å². The Hall–Kier alpha value is -1.61. The molecule has 0 aromatic heterocycles. The summed E-state index contributed by atoms with van der Waals surface area (Å²) in [5, 5.41) is 9.29. The Balaban J connectivity index is 1.79. The van der Waals surface area contributed by atoms with Crippen LogP contribution in [0.2, 0.25) is 0 Å². The second kappa shape index (κ2) is 5.06. The highest BCUT2D eigenvalue weighted by Crippen LogP contribution is 2.48. The van der Waals surface area contributed by atoms with Crippen molar-refractivity contribution in [3.05, 3.63) is 69.7 Å². The van der Waals surface area contributed by atoms with Gasteiger partial charge in [0.1, 0.15) is 0 Å². The third kappa shape index (κ3) is 2.50. The highest BCUT2D eigenvalue weighted by atomic mass is 79.9. The lowest BCUT2D eigenvalue weighted by molar-refractivity contribution is -0.140. The van der Waals surface area contributed by atoms with E-state index in [1.165, 1.54) is 11.1 Å². The van der Waals surface area contributed by atoms with Gasteiger partial charge in [-0.1, -0.05) is 52.3 Å². The third-order valence-corrected chi connectivity index (χ3v) is 4.46. The van der Waals surface area contributed by atoms with Crippen LogP contribution in [0.25, 0.3) is 0 Å². The molecule has 1 aliphatic carbocycles. The zero-order valence-corrected chi connectivity index (χ0v) is 12.6. The van der Waals surface area contributed by atoms with Crippen molar-refractivity contribution in [2.24, 2.45) is 0 Å². The van der Waals surface area contributed by atoms with Gasteiger partial charge in [0.05, 0.1) is 5.41 Å². The Bertz CT molecular complexity index is 642. The Kier molecular flexibility index (Phi) is 3.38. The lowest BCUT2D eigenvalue weighted by atomic mass is 9.94. The summed E-state index contributed by atoms with van der Waals surface area (Å²) < 4.78 is 1.08. The Morgan fingerprint density at radius 1 is 1.10 bits per heavy atom. The summed E-state index contributed by atoms with van der Waals surface area (Å²) in [6, 6.07) is 16.3. The van der Waals surface area contributed by atoms with E-state index in [1.54, 1.807) is 0 Å². The van der Waals surface area contributed by atoms with Gasteiger partial charge in [0, 0.05) is 4.47 Å². The van der Waals surface area contributed by atoms with Crippen LogP contribution in [-0.2, 0) is 16.6 Å². The highest BCUT2D eigenvalue weighted by Gasteiger charge is 2.51. The molecule has 20 heavy (non-hydrogen) atoms. The van der Waals surface area contributed by atoms with Gasteiger partial charge < -0.3 is 5.11 Å². The molecule has 0 saturated heterocycles. The average molecular weight is 331 g/mol. The number of carboxylic acid groups (broad SMARTS) is 1. The maximum absolute atomic E-state index is 11.3. The number of benzene rings is 2. The molecule has 0 amide bonds. The molecular weight excluding hydrogens is 316 g/mol. The molecule has 2 nitrogen and oxygen atoms in total. The van der Waals surface area contributed by atoms with E-state index in [4.69, 9.17) is 0 Å². The van der Waals surface area contributed by atoms with Gasteiger partial charge in [-0.25, -0.2) is 0 Å². The van der Waals surface area contributed by atoms with Gasteiger partial charge in [0.15, 0.2) is 0 Å². The second-order valence-corrected chi connectivity index (χ2v) is 6.31. The molecule has 3 heteroatoms. The molecule has 2 aromatic carbocycles. The fourth-order valence-electron chi connectivity index (χ4n) is 2.58. The van der Waals surface area contributed by atoms with Gasteiger partial charge in [0.25, 0.3) is 0 Å². The fraction of sp³-hybridized carbons (Fsp3) is 0.235. The molecule has 0 bridgehead atoms. The van der Waals surface area contributed by atoms with Gasteiger partial charge in [-0.15, -0.1) is 0 Å². The summed E-state index contributed by atoms with van der Waals surface area (Å²) in [4.78, 5) is 11.3. The normalized spacial score (nSPS) is 15.8. The van der Waals surface area contributed by atoms with Gasteiger partial charge in [-0.2, -0.15) is 0 Å². The van der Waals surface area contributed by atoms with Crippen molar-refractivity contribution in [2.75, 3.05) is 0 Å². The van der Waals surface area contributed by atoms with Crippen molar-refractivity contribution in [2.45, 2.75) is 24.7 Å². The molecule has 0 aliphatic heterocycles. The average Bonchev–Trinajstić information content (AvgIpc) is 3.21. The van der Waals surface area contributed by atoms with Crippen LogP contribution >= 0.6 is 15.9 Å². The summed E-state index contributed by atoms with van der Waals surface area (Å²) in [7, 11) is 0. The molecule has 0 heterocycles. The van der Waals surface area contributed by atoms with Crippen molar-refractivity contribution in [3.8, 4) is 0 Å². The van der Waals surface area contributed by atoms with Gasteiger partial charge in [-0.3, -0.25) is 4.79 Å². The van der Waals surface area contributed by atoms with Crippen LogP contribution in [0.3, 0.4) is 0 Å². The minimum Gasteiger partial charge on any atom is -0.481 e. The lowest BCUT2D eigenvalue weighted by Gasteiger charge is -2.11. The van der Waals surface area contributed by atoms with E-state index in [0.717, 1.165) is 29.3 Å². The van der Waals surface area contributed by atoms with E-state index in [0.29, 0.717) is 0 Å². The Morgan fingerprint density at radius 2 is 1.80 bits per heavy atom. The highest BCUT2D eigenvalue weighted by molar-refractivity contribution is 9.10. The number of hydrogen-bond acceptors (Lipinski definition) is 1. The maximum Gasteiger partial charge on any atom is 0.314 e. The van der Waals surface area contributed by atoms with E-state index in [9.17, 15) is 9.90 Å². The van der Waals surface area contributed by atoms with Crippen molar-refractivity contribution >= 4 is 21.9 Å². The summed E-state index contributed by atoms with van der Waals surface area (Å²) >= 11 is 3.47. The number of carbonyl (C=O) groups is 1. The molecule has 1 fully saturated rings. The van der Waals surface area contributed by atoms with E-state index >= 15 is 0 Å². The second-order valence-electron chi connectivity index (χ2n) is 5.39. The quantitative estimate of drug-likeness (QED) is 0.914. The van der Waals surface area contributed by atoms with Crippen LogP contribution in [0.1, 0.15) is 29.5 Å². The third-order valence-electron chi connectivity index (χ3n) is 3.96. The Morgan fingerprint density at radius 3 is 2.35 bits per heavy atom. The minimum atomic E-state index is -0.697. The molecule has 1 N–H and O–H groups in total. The van der Waals surface area contributed by atoms with Crippen LogP contribution in [0.15, 0.2) is 53.0 Å². The zero-order valence-electron chi connectivity index (χ0n) is 11.0. The molecule has 2 aromatic rings. The van der Waals surface area contributed by atoms with Crippen LogP contribution in [-0.4, -0.2) is 11.1 Å². The van der Waals surface area contributed by atoms with Crippen molar-refractivity contribution in [1.82, 2.24) is 0 Å². The van der Waals surface area contributed by atoms with E-state index in [-0.39, 0.29) is 0 Å². The van der Waals surface area contributed by atoms with Crippen molar-refractivity contribution < 1.29 is 9.90 Å². The van der Waals surface area contributed by atoms with Crippen LogP contribution < -0.4 is 0 Å². The predicted molar refractivity (Wildman–Crippen MR) is 81.9 cm³/mol. The van der Waals surface area contributed by atoms with Crippen molar-refractivity contribution in [3.63, 3.8) is 0 Å². The summed E-state index contributed by atoms with van der Waals surface area (Å²) in [5.74, 6) is -0.697. The van der Waals surface area contributed by atoms with E-state index < -0.39 is 11.4 Å². The molecule has 0 radical (unpaired) electrons. The largest absolute Gasteiger partial charge is 0.481 e. The first-order chi connectivity index (χ1) is 9.60. The molecule has 0 spiro atoms.